The molecule has 0 saturated heterocycles. The fraction of sp³-hybridized carbons (Fsp3) is 0.308. The molecule has 19 heavy (non-hydrogen) atoms. The molecule has 0 fully saturated rings. The second kappa shape index (κ2) is 5.05. The van der Waals surface area contributed by atoms with Crippen molar-refractivity contribution in [2.45, 2.75) is 0 Å². The molecule has 3 rings (SSSR count). The summed E-state index contributed by atoms with van der Waals surface area (Å²) in [5, 5.41) is 0.892. The second-order valence-electron chi connectivity index (χ2n) is 4.53. The number of halogens is 1. The van der Waals surface area contributed by atoms with E-state index in [1.165, 1.54) is 12.1 Å². The van der Waals surface area contributed by atoms with Crippen LogP contribution in [0.3, 0.4) is 0 Å². The van der Waals surface area contributed by atoms with E-state index in [0.29, 0.717) is 11.4 Å². The highest BCUT2D eigenvalue weighted by atomic mass is 32.1. The van der Waals surface area contributed by atoms with Crippen LogP contribution in [0.15, 0.2) is 28.2 Å². The van der Waals surface area contributed by atoms with Crippen LogP contribution in [0.1, 0.15) is 0 Å². The lowest BCUT2D eigenvalue weighted by Gasteiger charge is -2.20. The molecule has 2 heterocycles. The van der Waals surface area contributed by atoms with Crippen LogP contribution >= 0.6 is 11.3 Å². The average Bonchev–Trinajstić information content (AvgIpc) is 2.83. The van der Waals surface area contributed by atoms with E-state index in [0.717, 1.165) is 22.9 Å². The Kier molecular flexibility index (Phi) is 3.25. The molecule has 0 radical (unpaired) electrons. The van der Waals surface area contributed by atoms with Crippen LogP contribution < -0.4 is 4.90 Å². The zero-order chi connectivity index (χ0) is 13.2. The molecule has 0 aliphatic carbocycles. The molecule has 1 aliphatic heterocycles. The normalized spacial score (nSPS) is 18.1. The Morgan fingerprint density at radius 2 is 2.37 bits per heavy atom. The van der Waals surface area contributed by atoms with Gasteiger partial charge in [0, 0.05) is 31.8 Å². The summed E-state index contributed by atoms with van der Waals surface area (Å²) in [5.41, 5.74) is 0.710. The van der Waals surface area contributed by atoms with E-state index in [9.17, 15) is 4.39 Å². The van der Waals surface area contributed by atoms with Crippen LogP contribution in [0.25, 0.3) is 10.2 Å². The summed E-state index contributed by atoms with van der Waals surface area (Å²) in [7, 11) is 1.99. The molecule has 6 heteroatoms. The number of rotatable bonds is 3. The molecule has 0 N–H and O–H groups in total. The molecule has 1 aliphatic rings. The third kappa shape index (κ3) is 2.63. The van der Waals surface area contributed by atoms with Crippen molar-refractivity contribution in [1.82, 2.24) is 4.98 Å². The zero-order valence-corrected chi connectivity index (χ0v) is 11.3. The minimum Gasteiger partial charge on any atom is -0.350 e. The van der Waals surface area contributed by atoms with Crippen molar-refractivity contribution in [3.05, 3.63) is 24.0 Å². The number of nitrogens with zero attached hydrogens (tertiary/aromatic N) is 4. The first kappa shape index (κ1) is 12.2. The maximum Gasteiger partial charge on any atom is 0.186 e. The summed E-state index contributed by atoms with van der Waals surface area (Å²) < 4.78 is 14.1. The number of hydrogen-bond donors (Lipinski definition) is 0. The number of fused-ring (bicyclic) bond motifs is 1. The van der Waals surface area contributed by atoms with Gasteiger partial charge in [-0.25, -0.2) is 14.4 Å². The van der Waals surface area contributed by atoms with Gasteiger partial charge >= 0.3 is 0 Å². The van der Waals surface area contributed by atoms with Crippen molar-refractivity contribution in [2.24, 2.45) is 15.9 Å². The van der Waals surface area contributed by atoms with Crippen LogP contribution in [0.5, 0.6) is 0 Å². The number of aromatic nitrogens is 1. The maximum atomic E-state index is 13.1. The third-order valence-corrected chi connectivity index (χ3v) is 4.11. The lowest BCUT2D eigenvalue weighted by molar-refractivity contribution is 0.629. The molecule has 0 amide bonds. The largest absolute Gasteiger partial charge is 0.350 e. The van der Waals surface area contributed by atoms with Gasteiger partial charge in [0.1, 0.15) is 12.2 Å². The third-order valence-electron chi connectivity index (χ3n) is 2.96. The van der Waals surface area contributed by atoms with E-state index in [1.54, 1.807) is 23.7 Å². The molecule has 1 atom stereocenters. The average molecular weight is 276 g/mol. The Hall–Kier alpha value is -1.82. The van der Waals surface area contributed by atoms with E-state index in [2.05, 4.69) is 19.9 Å². The zero-order valence-electron chi connectivity index (χ0n) is 10.5. The summed E-state index contributed by atoms with van der Waals surface area (Å²) in [5.74, 6) is 0.0551. The summed E-state index contributed by atoms with van der Waals surface area (Å²) in [6.45, 7) is 1.57. The lowest BCUT2D eigenvalue weighted by Crippen LogP contribution is -2.28. The van der Waals surface area contributed by atoms with E-state index in [-0.39, 0.29) is 5.82 Å². The first-order valence-corrected chi connectivity index (χ1v) is 6.83. The van der Waals surface area contributed by atoms with Gasteiger partial charge in [-0.3, -0.25) is 4.99 Å². The number of benzene rings is 1. The maximum absolute atomic E-state index is 13.1. The van der Waals surface area contributed by atoms with Crippen LogP contribution in [-0.4, -0.2) is 37.7 Å². The highest BCUT2D eigenvalue weighted by Crippen LogP contribution is 2.28. The highest BCUT2D eigenvalue weighted by molar-refractivity contribution is 7.22. The summed E-state index contributed by atoms with van der Waals surface area (Å²) in [4.78, 5) is 14.7. The van der Waals surface area contributed by atoms with Gasteiger partial charge < -0.3 is 4.90 Å². The highest BCUT2D eigenvalue weighted by Gasteiger charge is 2.14. The van der Waals surface area contributed by atoms with Gasteiger partial charge in [0.15, 0.2) is 5.13 Å². The minimum absolute atomic E-state index is 0.249. The Morgan fingerprint density at radius 3 is 3.16 bits per heavy atom. The molecule has 1 unspecified atom stereocenters. The topological polar surface area (TPSA) is 40.9 Å². The molecule has 98 valence electrons. The molecule has 0 spiro atoms. The fourth-order valence-electron chi connectivity index (χ4n) is 2.02. The van der Waals surface area contributed by atoms with Gasteiger partial charge in [-0.1, -0.05) is 11.3 Å². The second-order valence-corrected chi connectivity index (χ2v) is 5.54. The monoisotopic (exact) mass is 276 g/mol. The van der Waals surface area contributed by atoms with E-state index >= 15 is 0 Å². The van der Waals surface area contributed by atoms with Crippen molar-refractivity contribution in [3.8, 4) is 0 Å². The standard InChI is InChI=1S/C13H13FN4S/c1-18(7-9-5-15-8-16-6-9)13-17-11-4-10(14)2-3-12(11)19-13/h2-5,8-9H,6-7H2,1H3. The van der Waals surface area contributed by atoms with Crippen molar-refractivity contribution < 1.29 is 4.39 Å². The van der Waals surface area contributed by atoms with Crippen LogP contribution in [0, 0.1) is 11.7 Å². The first-order valence-electron chi connectivity index (χ1n) is 6.01. The van der Waals surface area contributed by atoms with Crippen molar-refractivity contribution in [2.75, 3.05) is 25.0 Å². The Morgan fingerprint density at radius 1 is 1.47 bits per heavy atom. The van der Waals surface area contributed by atoms with Gasteiger partial charge in [-0.2, -0.15) is 0 Å². The SMILES string of the molecule is CN(CC1C=NC=NC1)c1nc2cc(F)ccc2s1. The number of thiazole rings is 1. The van der Waals surface area contributed by atoms with Crippen molar-refractivity contribution in [1.29, 1.82) is 0 Å². The summed E-state index contributed by atoms with van der Waals surface area (Å²) in [6.07, 6.45) is 3.49. The van der Waals surface area contributed by atoms with Gasteiger partial charge in [0.05, 0.1) is 16.8 Å². The predicted octanol–water partition coefficient (Wildman–Crippen LogP) is 2.60. The minimum atomic E-state index is -0.249. The Bertz CT molecular complexity index is 649. The van der Waals surface area contributed by atoms with Crippen molar-refractivity contribution >= 4 is 39.2 Å². The molecular weight excluding hydrogens is 263 g/mol. The molecule has 1 aromatic carbocycles. The Balaban J connectivity index is 1.79. The van der Waals surface area contributed by atoms with E-state index in [1.807, 2.05) is 13.3 Å². The van der Waals surface area contributed by atoms with Crippen molar-refractivity contribution in [3.63, 3.8) is 0 Å². The van der Waals surface area contributed by atoms with Crippen LogP contribution in [-0.2, 0) is 0 Å². The molecule has 0 bridgehead atoms. The lowest BCUT2D eigenvalue weighted by atomic mass is 10.1. The quantitative estimate of drug-likeness (QED) is 0.864. The first-order chi connectivity index (χ1) is 9.22. The van der Waals surface area contributed by atoms with E-state index < -0.39 is 0 Å². The smallest absolute Gasteiger partial charge is 0.186 e. The summed E-state index contributed by atoms with van der Waals surface area (Å²) >= 11 is 1.57. The van der Waals surface area contributed by atoms with Crippen LogP contribution in [0.4, 0.5) is 9.52 Å². The molecular formula is C13H13FN4S. The van der Waals surface area contributed by atoms with Gasteiger partial charge in [0.2, 0.25) is 0 Å². The Labute approximate surface area is 114 Å². The molecule has 0 saturated carbocycles. The number of anilines is 1. The van der Waals surface area contributed by atoms with Gasteiger partial charge in [-0.05, 0) is 12.1 Å². The molecule has 1 aromatic heterocycles. The van der Waals surface area contributed by atoms with Gasteiger partial charge in [0.25, 0.3) is 0 Å². The van der Waals surface area contributed by atoms with Gasteiger partial charge in [-0.15, -0.1) is 0 Å². The molecule has 4 nitrogen and oxygen atoms in total. The number of hydrogen-bond acceptors (Lipinski definition) is 5. The number of aliphatic imine (C=N–C) groups is 2. The van der Waals surface area contributed by atoms with Crippen LogP contribution in [0.2, 0.25) is 0 Å². The predicted molar refractivity (Wildman–Crippen MR) is 78.2 cm³/mol. The van der Waals surface area contributed by atoms with E-state index in [4.69, 9.17) is 0 Å². The summed E-state index contributed by atoms with van der Waals surface area (Å²) in [6, 6.07) is 4.70. The molecule has 2 aromatic rings. The fourth-order valence-corrected chi connectivity index (χ4v) is 2.94.